The van der Waals surface area contributed by atoms with Crippen LogP contribution in [0, 0.1) is 10.1 Å². The van der Waals surface area contributed by atoms with E-state index in [4.69, 9.17) is 11.6 Å². The van der Waals surface area contributed by atoms with Gasteiger partial charge in [0.15, 0.2) is 11.0 Å². The monoisotopic (exact) mass is 570 g/mol. The molecular formula is C23H16BrClN6O3S. The smallest absolute Gasteiger partial charge is 0.270 e. The van der Waals surface area contributed by atoms with Crippen LogP contribution in [0.15, 0.2) is 87.5 Å². The number of benzene rings is 3. The maximum Gasteiger partial charge on any atom is 0.270 e. The molecule has 1 aromatic heterocycles. The summed E-state index contributed by atoms with van der Waals surface area (Å²) in [6.07, 6.45) is 1.26. The van der Waals surface area contributed by atoms with E-state index in [0.717, 1.165) is 15.7 Å². The summed E-state index contributed by atoms with van der Waals surface area (Å²) in [5, 5.41) is 24.3. The first-order valence-electron chi connectivity index (χ1n) is 10.1. The van der Waals surface area contributed by atoms with Crippen molar-refractivity contribution in [3.63, 3.8) is 0 Å². The zero-order chi connectivity index (χ0) is 24.8. The van der Waals surface area contributed by atoms with Crippen molar-refractivity contribution < 1.29 is 9.72 Å². The first kappa shape index (κ1) is 24.6. The number of carbonyl (C=O) groups is 1. The number of nitrogens with one attached hydrogen (secondary N) is 1. The second kappa shape index (κ2) is 11.3. The summed E-state index contributed by atoms with van der Waals surface area (Å²) in [6, 6.07) is 21.3. The molecule has 4 rings (SSSR count). The molecule has 0 aliphatic heterocycles. The van der Waals surface area contributed by atoms with Crippen LogP contribution >= 0.6 is 39.3 Å². The van der Waals surface area contributed by atoms with Crippen LogP contribution in [0.5, 0.6) is 0 Å². The number of nitro benzene ring substituents is 1. The van der Waals surface area contributed by atoms with Gasteiger partial charge in [0.2, 0.25) is 0 Å². The fraction of sp³-hybridized carbons (Fsp3) is 0.0435. The minimum absolute atomic E-state index is 0.0173. The average Bonchev–Trinajstić information content (AvgIpc) is 3.29. The van der Waals surface area contributed by atoms with E-state index in [-0.39, 0.29) is 22.4 Å². The Morgan fingerprint density at radius 3 is 2.60 bits per heavy atom. The highest BCUT2D eigenvalue weighted by Gasteiger charge is 2.17. The zero-order valence-electron chi connectivity index (χ0n) is 17.8. The SMILES string of the molecule is O=C(CSc1nnc(-c2ccccc2)n1-c1ccc(Br)cc1)N/N=C/c1cc([N+](=O)[O-])ccc1Cl. The van der Waals surface area contributed by atoms with Gasteiger partial charge in [-0.1, -0.05) is 69.6 Å². The van der Waals surface area contributed by atoms with Crippen molar-refractivity contribution in [3.05, 3.63) is 98.0 Å². The number of hydrogen-bond donors (Lipinski definition) is 1. The van der Waals surface area contributed by atoms with E-state index in [1.807, 2.05) is 59.2 Å². The summed E-state index contributed by atoms with van der Waals surface area (Å²) in [7, 11) is 0. The molecule has 0 bridgehead atoms. The highest BCUT2D eigenvalue weighted by atomic mass is 79.9. The van der Waals surface area contributed by atoms with Crippen molar-refractivity contribution in [2.45, 2.75) is 5.16 Å². The molecule has 0 radical (unpaired) electrons. The molecule has 35 heavy (non-hydrogen) atoms. The number of nitro groups is 1. The van der Waals surface area contributed by atoms with Crippen LogP contribution in [-0.2, 0) is 4.79 Å². The highest BCUT2D eigenvalue weighted by Crippen LogP contribution is 2.28. The third-order valence-corrected chi connectivity index (χ3v) is 6.47. The number of amides is 1. The lowest BCUT2D eigenvalue weighted by Gasteiger charge is -2.10. The normalized spacial score (nSPS) is 11.0. The molecule has 0 saturated carbocycles. The molecule has 4 aromatic rings. The van der Waals surface area contributed by atoms with Crippen molar-refractivity contribution in [1.82, 2.24) is 20.2 Å². The average molecular weight is 572 g/mol. The van der Waals surface area contributed by atoms with Crippen LogP contribution in [0.3, 0.4) is 0 Å². The van der Waals surface area contributed by atoms with Crippen LogP contribution in [0.4, 0.5) is 5.69 Å². The number of hydrogen-bond acceptors (Lipinski definition) is 7. The van der Waals surface area contributed by atoms with Crippen molar-refractivity contribution in [2.24, 2.45) is 5.10 Å². The van der Waals surface area contributed by atoms with E-state index in [1.54, 1.807) is 0 Å². The van der Waals surface area contributed by atoms with Crippen molar-refractivity contribution in [1.29, 1.82) is 0 Å². The van der Waals surface area contributed by atoms with E-state index in [2.05, 4.69) is 36.7 Å². The number of non-ortho nitro benzene ring substituents is 1. The quantitative estimate of drug-likeness (QED) is 0.129. The van der Waals surface area contributed by atoms with E-state index in [9.17, 15) is 14.9 Å². The Morgan fingerprint density at radius 2 is 1.89 bits per heavy atom. The number of carbonyl (C=O) groups excluding carboxylic acids is 1. The summed E-state index contributed by atoms with van der Waals surface area (Å²) in [4.78, 5) is 22.8. The molecule has 1 amide bonds. The Kier molecular flexibility index (Phi) is 7.91. The Hall–Kier alpha value is -3.54. The molecule has 0 unspecified atom stereocenters. The molecule has 0 atom stereocenters. The number of aromatic nitrogens is 3. The number of hydrazone groups is 1. The summed E-state index contributed by atoms with van der Waals surface area (Å²) in [5.74, 6) is 0.275. The van der Waals surface area contributed by atoms with Crippen molar-refractivity contribution >= 4 is 57.1 Å². The minimum atomic E-state index is -0.534. The third kappa shape index (κ3) is 6.13. The van der Waals surface area contributed by atoms with Crippen molar-refractivity contribution in [2.75, 3.05) is 5.75 Å². The van der Waals surface area contributed by atoms with Crippen LogP contribution in [0.2, 0.25) is 5.02 Å². The molecule has 12 heteroatoms. The van der Waals surface area contributed by atoms with Gasteiger partial charge < -0.3 is 0 Å². The minimum Gasteiger partial charge on any atom is -0.272 e. The first-order chi connectivity index (χ1) is 16.9. The van der Waals surface area contributed by atoms with Crippen LogP contribution < -0.4 is 5.43 Å². The van der Waals surface area contributed by atoms with E-state index >= 15 is 0 Å². The van der Waals surface area contributed by atoms with Gasteiger partial charge in [-0.3, -0.25) is 19.5 Å². The number of thioether (sulfide) groups is 1. The molecular weight excluding hydrogens is 556 g/mol. The second-order valence-corrected chi connectivity index (χ2v) is 9.29. The maximum atomic E-state index is 12.4. The van der Waals surface area contributed by atoms with E-state index < -0.39 is 4.92 Å². The number of rotatable bonds is 8. The van der Waals surface area contributed by atoms with Gasteiger partial charge in [-0.15, -0.1) is 10.2 Å². The first-order valence-corrected chi connectivity index (χ1v) is 12.2. The Balaban J connectivity index is 1.49. The maximum absolute atomic E-state index is 12.4. The number of halogens is 2. The van der Waals surface area contributed by atoms with E-state index in [1.165, 1.54) is 36.2 Å². The molecule has 0 aliphatic rings. The second-order valence-electron chi connectivity index (χ2n) is 7.03. The topological polar surface area (TPSA) is 115 Å². The van der Waals surface area contributed by atoms with Gasteiger partial charge in [0.1, 0.15) is 0 Å². The van der Waals surface area contributed by atoms with Crippen LogP contribution in [0.1, 0.15) is 5.56 Å². The van der Waals surface area contributed by atoms with Crippen LogP contribution in [0.25, 0.3) is 17.1 Å². The Bertz CT molecular complexity index is 1400. The lowest BCUT2D eigenvalue weighted by atomic mass is 10.2. The standard InChI is InChI=1S/C23H16BrClN6O3S/c24-17-6-8-18(9-7-17)30-22(15-4-2-1-3-5-15)28-29-23(30)35-14-21(32)27-26-13-16-12-19(31(33)34)10-11-20(16)25/h1-13H,14H2,(H,27,32)/b26-13+. The predicted octanol–water partition coefficient (Wildman–Crippen LogP) is 5.50. The molecule has 1 N–H and O–H groups in total. The molecule has 0 saturated heterocycles. The summed E-state index contributed by atoms with van der Waals surface area (Å²) in [5.41, 5.74) is 4.32. The molecule has 176 valence electrons. The van der Waals surface area contributed by atoms with Gasteiger partial charge >= 0.3 is 0 Å². The van der Waals surface area contributed by atoms with Gasteiger partial charge in [0.25, 0.3) is 11.6 Å². The van der Waals surface area contributed by atoms with Gasteiger partial charge in [0.05, 0.1) is 16.9 Å². The molecule has 0 fully saturated rings. The van der Waals surface area contributed by atoms with Crippen molar-refractivity contribution in [3.8, 4) is 17.1 Å². The molecule has 1 heterocycles. The number of nitrogens with zero attached hydrogens (tertiary/aromatic N) is 5. The lowest BCUT2D eigenvalue weighted by Crippen LogP contribution is -2.20. The lowest BCUT2D eigenvalue weighted by molar-refractivity contribution is -0.384. The summed E-state index contributed by atoms with van der Waals surface area (Å²) in [6.45, 7) is 0. The fourth-order valence-electron chi connectivity index (χ4n) is 3.04. The van der Waals surface area contributed by atoms with Gasteiger partial charge in [0, 0.05) is 38.4 Å². The van der Waals surface area contributed by atoms with E-state index in [0.29, 0.717) is 16.5 Å². The highest BCUT2D eigenvalue weighted by molar-refractivity contribution is 9.10. The molecule has 3 aromatic carbocycles. The largest absolute Gasteiger partial charge is 0.272 e. The predicted molar refractivity (Wildman–Crippen MR) is 139 cm³/mol. The fourth-order valence-corrected chi connectivity index (χ4v) is 4.22. The van der Waals surface area contributed by atoms with Gasteiger partial charge in [-0.2, -0.15) is 5.10 Å². The summed E-state index contributed by atoms with van der Waals surface area (Å²) >= 11 is 10.7. The molecule has 0 spiro atoms. The molecule has 0 aliphatic carbocycles. The molecule has 9 nitrogen and oxygen atoms in total. The van der Waals surface area contributed by atoms with Crippen LogP contribution in [-0.4, -0.2) is 37.6 Å². The third-order valence-electron chi connectivity index (χ3n) is 4.67. The van der Waals surface area contributed by atoms with Gasteiger partial charge in [-0.25, -0.2) is 5.43 Å². The Labute approximate surface area is 217 Å². The van der Waals surface area contributed by atoms with Gasteiger partial charge in [-0.05, 0) is 30.3 Å². The Morgan fingerprint density at radius 1 is 1.14 bits per heavy atom. The zero-order valence-corrected chi connectivity index (χ0v) is 21.0. The summed E-state index contributed by atoms with van der Waals surface area (Å²) < 4.78 is 2.82.